The Hall–Kier alpha value is -1.48. The van der Waals surface area contributed by atoms with Crippen LogP contribution in [0.25, 0.3) is 0 Å². The van der Waals surface area contributed by atoms with Crippen molar-refractivity contribution in [3.05, 3.63) is 53.6 Å². The molecule has 0 aliphatic heterocycles. The first-order chi connectivity index (χ1) is 8.74. The van der Waals surface area contributed by atoms with E-state index in [4.69, 9.17) is 9.47 Å². The molecule has 0 unspecified atom stereocenters. The summed E-state index contributed by atoms with van der Waals surface area (Å²) >= 11 is 3.46. The van der Waals surface area contributed by atoms with Crippen molar-refractivity contribution in [3.63, 3.8) is 0 Å². The maximum Gasteiger partial charge on any atom is 0.169 e. The fourth-order valence-corrected chi connectivity index (χ4v) is 2.34. The number of para-hydroxylation sites is 2. The SMILES string of the molecule is COc1ccccc1Oc1ccc(CBr)c(C)c1. The number of halogens is 1. The minimum Gasteiger partial charge on any atom is -0.493 e. The molecule has 0 N–H and O–H groups in total. The molecule has 2 rings (SSSR count). The molecule has 0 bridgehead atoms. The predicted molar refractivity (Wildman–Crippen MR) is 76.9 cm³/mol. The molecule has 2 aromatic carbocycles. The van der Waals surface area contributed by atoms with E-state index < -0.39 is 0 Å². The summed E-state index contributed by atoms with van der Waals surface area (Å²) in [5.41, 5.74) is 2.47. The van der Waals surface area contributed by atoms with E-state index in [9.17, 15) is 0 Å². The molecule has 2 nitrogen and oxygen atoms in total. The molecular weight excluding hydrogens is 292 g/mol. The van der Waals surface area contributed by atoms with Gasteiger partial charge in [-0.05, 0) is 42.3 Å². The van der Waals surface area contributed by atoms with Crippen LogP contribution >= 0.6 is 15.9 Å². The van der Waals surface area contributed by atoms with Gasteiger partial charge < -0.3 is 9.47 Å². The maximum atomic E-state index is 5.84. The molecule has 2 aromatic rings. The first-order valence-electron chi connectivity index (χ1n) is 5.71. The number of benzene rings is 2. The highest BCUT2D eigenvalue weighted by atomic mass is 79.9. The van der Waals surface area contributed by atoms with Crippen molar-refractivity contribution in [2.75, 3.05) is 7.11 Å². The van der Waals surface area contributed by atoms with Crippen molar-refractivity contribution in [2.45, 2.75) is 12.3 Å². The molecule has 3 heteroatoms. The lowest BCUT2D eigenvalue weighted by atomic mass is 10.1. The van der Waals surface area contributed by atoms with Crippen LogP contribution in [0.15, 0.2) is 42.5 Å². The van der Waals surface area contributed by atoms with Gasteiger partial charge in [0.15, 0.2) is 11.5 Å². The molecule has 0 saturated heterocycles. The van der Waals surface area contributed by atoms with Crippen molar-refractivity contribution >= 4 is 15.9 Å². The summed E-state index contributed by atoms with van der Waals surface area (Å²) in [6.45, 7) is 2.08. The molecule has 18 heavy (non-hydrogen) atoms. The Kier molecular flexibility index (Phi) is 4.26. The third-order valence-corrected chi connectivity index (χ3v) is 3.36. The van der Waals surface area contributed by atoms with Crippen LogP contribution in [0.1, 0.15) is 11.1 Å². The number of alkyl halides is 1. The zero-order valence-corrected chi connectivity index (χ0v) is 12.0. The van der Waals surface area contributed by atoms with Crippen molar-refractivity contribution in [1.29, 1.82) is 0 Å². The van der Waals surface area contributed by atoms with E-state index in [1.165, 1.54) is 11.1 Å². The van der Waals surface area contributed by atoms with Crippen molar-refractivity contribution < 1.29 is 9.47 Å². The Bertz CT molecular complexity index is 538. The molecule has 0 amide bonds. The van der Waals surface area contributed by atoms with Gasteiger partial charge in [-0.2, -0.15) is 0 Å². The summed E-state index contributed by atoms with van der Waals surface area (Å²) in [6.07, 6.45) is 0. The second kappa shape index (κ2) is 5.91. The third kappa shape index (κ3) is 2.85. The zero-order chi connectivity index (χ0) is 13.0. The monoisotopic (exact) mass is 306 g/mol. The van der Waals surface area contributed by atoms with E-state index >= 15 is 0 Å². The molecule has 94 valence electrons. The Labute approximate surface area is 116 Å². The average Bonchev–Trinajstić information content (AvgIpc) is 2.39. The molecular formula is C15H15BrO2. The number of aryl methyl sites for hydroxylation is 1. The smallest absolute Gasteiger partial charge is 0.169 e. The van der Waals surface area contributed by atoms with Crippen LogP contribution in [0.3, 0.4) is 0 Å². The van der Waals surface area contributed by atoms with Gasteiger partial charge >= 0.3 is 0 Å². The predicted octanol–water partition coefficient (Wildman–Crippen LogP) is 4.69. The average molecular weight is 307 g/mol. The molecule has 0 aromatic heterocycles. The van der Waals surface area contributed by atoms with Gasteiger partial charge in [-0.25, -0.2) is 0 Å². The minimum absolute atomic E-state index is 0.728. The molecule has 0 atom stereocenters. The van der Waals surface area contributed by atoms with Gasteiger partial charge in [-0.15, -0.1) is 0 Å². The quantitative estimate of drug-likeness (QED) is 0.763. The first kappa shape index (κ1) is 13.0. The van der Waals surface area contributed by atoms with Gasteiger partial charge in [-0.3, -0.25) is 0 Å². The Morgan fingerprint density at radius 3 is 2.39 bits per heavy atom. The van der Waals surface area contributed by atoms with Crippen molar-refractivity contribution in [3.8, 4) is 17.2 Å². The van der Waals surface area contributed by atoms with Crippen LogP contribution in [0.5, 0.6) is 17.2 Å². The first-order valence-corrected chi connectivity index (χ1v) is 6.83. The van der Waals surface area contributed by atoms with Gasteiger partial charge in [0, 0.05) is 5.33 Å². The summed E-state index contributed by atoms with van der Waals surface area (Å²) < 4.78 is 11.1. The second-order valence-electron chi connectivity index (χ2n) is 3.97. The standard InChI is InChI=1S/C15H15BrO2/c1-11-9-13(8-7-12(11)10-16)18-15-6-4-3-5-14(15)17-2/h3-9H,10H2,1-2H3. The summed E-state index contributed by atoms with van der Waals surface area (Å²) in [4.78, 5) is 0. The largest absolute Gasteiger partial charge is 0.493 e. The third-order valence-electron chi connectivity index (χ3n) is 2.75. The number of ether oxygens (including phenoxy) is 2. The van der Waals surface area contributed by atoms with Gasteiger partial charge in [0.1, 0.15) is 5.75 Å². The lowest BCUT2D eigenvalue weighted by molar-refractivity contribution is 0.379. The lowest BCUT2D eigenvalue weighted by Crippen LogP contribution is -1.91. The summed E-state index contributed by atoms with van der Waals surface area (Å²) in [7, 11) is 1.64. The number of hydrogen-bond acceptors (Lipinski definition) is 2. The molecule has 0 radical (unpaired) electrons. The second-order valence-corrected chi connectivity index (χ2v) is 4.54. The highest BCUT2D eigenvalue weighted by Crippen LogP contribution is 2.31. The van der Waals surface area contributed by atoms with Crippen LogP contribution in [0.2, 0.25) is 0 Å². The molecule has 0 aliphatic rings. The van der Waals surface area contributed by atoms with Crippen LogP contribution in [0.4, 0.5) is 0 Å². The highest BCUT2D eigenvalue weighted by molar-refractivity contribution is 9.08. The van der Waals surface area contributed by atoms with E-state index in [1.54, 1.807) is 7.11 Å². The molecule has 0 heterocycles. The van der Waals surface area contributed by atoms with Gasteiger partial charge in [0.25, 0.3) is 0 Å². The van der Waals surface area contributed by atoms with Crippen molar-refractivity contribution in [2.24, 2.45) is 0 Å². The maximum absolute atomic E-state index is 5.84. The fraction of sp³-hybridized carbons (Fsp3) is 0.200. The Balaban J connectivity index is 2.26. The molecule has 0 aliphatic carbocycles. The summed E-state index contributed by atoms with van der Waals surface area (Å²) in [5.74, 6) is 2.28. The van der Waals surface area contributed by atoms with Gasteiger partial charge in [-0.1, -0.05) is 34.1 Å². The summed E-state index contributed by atoms with van der Waals surface area (Å²) in [5, 5.41) is 0.855. The van der Waals surface area contributed by atoms with Crippen LogP contribution < -0.4 is 9.47 Å². The fourth-order valence-electron chi connectivity index (χ4n) is 1.71. The van der Waals surface area contributed by atoms with Crippen molar-refractivity contribution in [1.82, 2.24) is 0 Å². The van der Waals surface area contributed by atoms with E-state index in [0.717, 1.165) is 22.6 Å². The molecule has 0 saturated carbocycles. The van der Waals surface area contributed by atoms with Crippen LogP contribution in [-0.2, 0) is 5.33 Å². The minimum atomic E-state index is 0.728. The normalized spacial score (nSPS) is 10.2. The number of hydrogen-bond donors (Lipinski definition) is 0. The lowest BCUT2D eigenvalue weighted by Gasteiger charge is -2.11. The van der Waals surface area contributed by atoms with Gasteiger partial charge in [0.2, 0.25) is 0 Å². The van der Waals surface area contributed by atoms with E-state index in [2.05, 4.69) is 28.9 Å². The Morgan fingerprint density at radius 1 is 1.06 bits per heavy atom. The Morgan fingerprint density at radius 2 is 1.78 bits per heavy atom. The number of methoxy groups -OCH3 is 1. The van der Waals surface area contributed by atoms with E-state index in [1.807, 2.05) is 36.4 Å². The topological polar surface area (TPSA) is 18.5 Å². The highest BCUT2D eigenvalue weighted by Gasteiger charge is 2.05. The number of rotatable bonds is 4. The van der Waals surface area contributed by atoms with Crippen LogP contribution in [0, 0.1) is 6.92 Å². The van der Waals surface area contributed by atoms with E-state index in [-0.39, 0.29) is 0 Å². The van der Waals surface area contributed by atoms with Crippen LogP contribution in [-0.4, -0.2) is 7.11 Å². The zero-order valence-electron chi connectivity index (χ0n) is 10.4. The van der Waals surface area contributed by atoms with Gasteiger partial charge in [0.05, 0.1) is 7.11 Å². The molecule has 0 spiro atoms. The van der Waals surface area contributed by atoms with E-state index in [0.29, 0.717) is 0 Å². The summed E-state index contributed by atoms with van der Waals surface area (Å²) in [6, 6.07) is 13.7. The molecule has 0 fully saturated rings.